The molecule has 1 saturated heterocycles. The Kier molecular flexibility index (Phi) is 9.39. The number of halogens is 3. The molecule has 6 atom stereocenters. The van der Waals surface area contributed by atoms with Crippen LogP contribution < -0.4 is 0 Å². The summed E-state index contributed by atoms with van der Waals surface area (Å²) in [7, 11) is -6.04. The summed E-state index contributed by atoms with van der Waals surface area (Å²) >= 11 is 0. The Morgan fingerprint density at radius 2 is 0.976 bits per heavy atom. The van der Waals surface area contributed by atoms with Gasteiger partial charge in [-0.05, 0) is 16.7 Å². The van der Waals surface area contributed by atoms with Crippen molar-refractivity contribution >= 4 is 10.1 Å². The number of hydrogen-bond donors (Lipinski definition) is 0. The van der Waals surface area contributed by atoms with Crippen molar-refractivity contribution in [3.05, 3.63) is 108 Å². The van der Waals surface area contributed by atoms with Gasteiger partial charge in [-0.1, -0.05) is 91.0 Å². The fourth-order valence-electron chi connectivity index (χ4n) is 4.88. The maximum Gasteiger partial charge on any atom is 0.523 e. The van der Waals surface area contributed by atoms with E-state index in [1.165, 1.54) is 0 Å². The molecular weight excluding hydrogens is 565 g/mol. The maximum atomic E-state index is 13.5. The predicted octanol–water partition coefficient (Wildman–Crippen LogP) is 4.73. The van der Waals surface area contributed by atoms with Gasteiger partial charge in [0, 0.05) is 0 Å². The summed E-state index contributed by atoms with van der Waals surface area (Å²) in [5, 5.41) is 0. The van der Waals surface area contributed by atoms with Gasteiger partial charge in [-0.25, -0.2) is 0 Å². The molecule has 1 aliphatic carbocycles. The first-order valence-electron chi connectivity index (χ1n) is 12.9. The normalized spacial score (nSPS) is 26.5. The molecule has 0 radical (unpaired) electrons. The maximum absolute atomic E-state index is 13.5. The third-order valence-corrected chi connectivity index (χ3v) is 7.88. The molecule has 0 N–H and O–H groups in total. The molecule has 1 aliphatic heterocycles. The van der Waals surface area contributed by atoms with Gasteiger partial charge >= 0.3 is 15.6 Å². The van der Waals surface area contributed by atoms with E-state index in [-0.39, 0.29) is 26.6 Å². The van der Waals surface area contributed by atoms with E-state index in [2.05, 4.69) is 0 Å². The molecule has 1 saturated carbocycles. The molecule has 3 aromatic carbocycles. The van der Waals surface area contributed by atoms with Gasteiger partial charge in [0.25, 0.3) is 0 Å². The van der Waals surface area contributed by atoms with E-state index in [0.29, 0.717) is 11.1 Å². The van der Waals surface area contributed by atoms with E-state index in [1.807, 2.05) is 30.3 Å². The van der Waals surface area contributed by atoms with Crippen LogP contribution in [-0.2, 0) is 57.8 Å². The lowest BCUT2D eigenvalue weighted by Crippen LogP contribution is -2.70. The highest BCUT2D eigenvalue weighted by molar-refractivity contribution is 7.87. The molecule has 220 valence electrons. The first kappa shape index (κ1) is 29.6. The Morgan fingerprint density at radius 1 is 0.610 bits per heavy atom. The standard InChI is InChI=1S/C29H29F3O8S/c30-29(31,32)41(33,34)40-28-26(36-17-21-12-6-2-7-13-21)24-23(35-16-20-10-4-1-5-11-20)25(39-19-38-24)27(28)37-18-22-14-8-3-9-15-22/h1-15,23-28H,16-19H2/t23?,24-,25?,26?,27?,28?/m0/s1. The van der Waals surface area contributed by atoms with Gasteiger partial charge in [-0.2, -0.15) is 21.6 Å². The number of benzene rings is 3. The summed E-state index contributed by atoms with van der Waals surface area (Å²) in [6.45, 7) is -0.205. The average Bonchev–Trinajstić information content (AvgIpc) is 2.97. The van der Waals surface area contributed by atoms with Crippen LogP contribution in [0.4, 0.5) is 13.2 Å². The summed E-state index contributed by atoms with van der Waals surface area (Å²) in [6, 6.07) is 27.1. The van der Waals surface area contributed by atoms with Gasteiger partial charge < -0.3 is 23.7 Å². The summed E-state index contributed by atoms with van der Waals surface area (Å²) in [5.74, 6) is 0. The minimum atomic E-state index is -6.04. The molecule has 2 aliphatic rings. The van der Waals surface area contributed by atoms with Gasteiger partial charge in [-0.15, -0.1) is 0 Å². The highest BCUT2D eigenvalue weighted by Gasteiger charge is 2.60. The average molecular weight is 595 g/mol. The van der Waals surface area contributed by atoms with Crippen LogP contribution in [0, 0.1) is 0 Å². The minimum absolute atomic E-state index is 0.0559. The van der Waals surface area contributed by atoms with Gasteiger partial charge in [0.1, 0.15) is 43.4 Å². The van der Waals surface area contributed by atoms with Gasteiger partial charge in [0.05, 0.1) is 19.8 Å². The van der Waals surface area contributed by atoms with Gasteiger partial charge in [0.15, 0.2) is 0 Å². The van der Waals surface area contributed by atoms with E-state index in [4.69, 9.17) is 27.9 Å². The van der Waals surface area contributed by atoms with Crippen LogP contribution in [0.1, 0.15) is 16.7 Å². The van der Waals surface area contributed by atoms with Crippen molar-refractivity contribution in [2.75, 3.05) is 6.79 Å². The Morgan fingerprint density at radius 3 is 1.34 bits per heavy atom. The third kappa shape index (κ3) is 7.15. The van der Waals surface area contributed by atoms with Crippen molar-refractivity contribution in [1.29, 1.82) is 0 Å². The summed E-state index contributed by atoms with van der Waals surface area (Å²) < 4.78 is 100. The van der Waals surface area contributed by atoms with E-state index >= 15 is 0 Å². The lowest BCUT2D eigenvalue weighted by atomic mass is 9.83. The quantitative estimate of drug-likeness (QED) is 0.233. The summed E-state index contributed by atoms with van der Waals surface area (Å²) in [4.78, 5) is 0. The van der Waals surface area contributed by atoms with Crippen LogP contribution in [0.2, 0.25) is 0 Å². The van der Waals surface area contributed by atoms with Crippen LogP contribution in [-0.4, -0.2) is 57.3 Å². The molecule has 2 bridgehead atoms. The zero-order valence-corrected chi connectivity index (χ0v) is 22.6. The second-order valence-corrected chi connectivity index (χ2v) is 11.2. The SMILES string of the molecule is O=S(=O)(OC1C(OCc2ccccc2)C2OCO[C@@H](C2OCc2ccccc2)C1OCc1ccccc1)C(F)(F)F. The van der Waals surface area contributed by atoms with Crippen molar-refractivity contribution in [3.8, 4) is 0 Å². The van der Waals surface area contributed by atoms with Gasteiger partial charge in [0.2, 0.25) is 0 Å². The van der Waals surface area contributed by atoms with E-state index in [9.17, 15) is 21.6 Å². The minimum Gasteiger partial charge on any atom is -0.368 e. The molecule has 3 aromatic rings. The molecule has 5 rings (SSSR count). The predicted molar refractivity (Wildman–Crippen MR) is 140 cm³/mol. The Hall–Kier alpha value is -2.84. The van der Waals surface area contributed by atoms with Crippen LogP contribution in [0.25, 0.3) is 0 Å². The van der Waals surface area contributed by atoms with Gasteiger partial charge in [-0.3, -0.25) is 4.18 Å². The van der Waals surface area contributed by atoms with Crippen molar-refractivity contribution < 1.29 is 49.5 Å². The monoisotopic (exact) mass is 594 g/mol. The molecular formula is C29H29F3O8S. The Bertz CT molecular complexity index is 1280. The van der Waals surface area contributed by atoms with Crippen molar-refractivity contribution in [1.82, 2.24) is 0 Å². The van der Waals surface area contributed by atoms with Crippen LogP contribution in [0.5, 0.6) is 0 Å². The number of ether oxygens (including phenoxy) is 5. The number of hydrogen-bond acceptors (Lipinski definition) is 8. The molecule has 0 aromatic heterocycles. The molecule has 0 amide bonds. The zero-order valence-electron chi connectivity index (χ0n) is 21.8. The molecule has 0 spiro atoms. The molecule has 12 heteroatoms. The Labute approximate surface area is 236 Å². The summed E-state index contributed by atoms with van der Waals surface area (Å²) in [5.41, 5.74) is -3.41. The van der Waals surface area contributed by atoms with Crippen LogP contribution >= 0.6 is 0 Å². The second-order valence-electron chi connectivity index (χ2n) is 9.62. The van der Waals surface area contributed by atoms with Crippen LogP contribution in [0.15, 0.2) is 91.0 Å². The first-order chi connectivity index (χ1) is 19.7. The summed E-state index contributed by atoms with van der Waals surface area (Å²) in [6.07, 6.45) is -7.33. The Balaban J connectivity index is 1.49. The molecule has 1 heterocycles. The van der Waals surface area contributed by atoms with E-state index < -0.39 is 52.3 Å². The van der Waals surface area contributed by atoms with E-state index in [1.54, 1.807) is 60.7 Å². The first-order valence-corrected chi connectivity index (χ1v) is 14.3. The highest BCUT2D eigenvalue weighted by atomic mass is 32.2. The topological polar surface area (TPSA) is 89.5 Å². The lowest BCUT2D eigenvalue weighted by Gasteiger charge is -2.51. The number of fused-ring (bicyclic) bond motifs is 2. The fraction of sp³-hybridized carbons (Fsp3) is 0.379. The van der Waals surface area contributed by atoms with Crippen LogP contribution in [0.3, 0.4) is 0 Å². The lowest BCUT2D eigenvalue weighted by molar-refractivity contribution is -0.336. The van der Waals surface area contributed by atoms with Crippen molar-refractivity contribution in [3.63, 3.8) is 0 Å². The van der Waals surface area contributed by atoms with Crippen molar-refractivity contribution in [2.24, 2.45) is 0 Å². The largest absolute Gasteiger partial charge is 0.523 e. The fourth-order valence-corrected chi connectivity index (χ4v) is 5.50. The number of alkyl halides is 3. The molecule has 2 fully saturated rings. The molecule has 5 unspecified atom stereocenters. The second kappa shape index (κ2) is 13.0. The van der Waals surface area contributed by atoms with E-state index in [0.717, 1.165) is 5.56 Å². The molecule has 8 nitrogen and oxygen atoms in total. The smallest absolute Gasteiger partial charge is 0.368 e. The molecule has 41 heavy (non-hydrogen) atoms. The third-order valence-electron chi connectivity index (χ3n) is 6.84. The zero-order chi connectivity index (χ0) is 28.9. The number of rotatable bonds is 11. The highest BCUT2D eigenvalue weighted by Crippen LogP contribution is 2.39. The van der Waals surface area contributed by atoms with Crippen molar-refractivity contribution in [2.45, 2.75) is 62.0 Å².